The molecule has 3 aromatic rings. The molecule has 7 heteroatoms. The Balaban J connectivity index is 2.02. The van der Waals surface area contributed by atoms with Crippen molar-refractivity contribution < 1.29 is 4.79 Å². The molecule has 0 unspecified atom stereocenters. The van der Waals surface area contributed by atoms with E-state index in [9.17, 15) is 4.79 Å². The van der Waals surface area contributed by atoms with E-state index in [1.54, 1.807) is 22.8 Å². The van der Waals surface area contributed by atoms with Crippen molar-refractivity contribution in [2.75, 3.05) is 5.32 Å². The molecule has 0 saturated carbocycles. The van der Waals surface area contributed by atoms with Gasteiger partial charge in [0, 0.05) is 18.1 Å². The predicted octanol–water partition coefficient (Wildman–Crippen LogP) is 3.60. The smallest absolute Gasteiger partial charge is 0.257 e. The molecule has 1 N–H and O–H groups in total. The number of aromatic nitrogens is 3. The zero-order valence-electron chi connectivity index (χ0n) is 11.0. The van der Waals surface area contributed by atoms with E-state index >= 15 is 0 Å². The van der Waals surface area contributed by atoms with Crippen molar-refractivity contribution in [3.63, 3.8) is 0 Å². The standard InChI is InChI=1S/C14H10Cl2N4O/c1-8-2-3-9(12-4-5-18-20(8)12)14(21)19-13-10(15)6-17-7-11(13)16/h2-7H,1H3,(H,17,19,21). The van der Waals surface area contributed by atoms with E-state index in [1.807, 2.05) is 13.0 Å². The fraction of sp³-hybridized carbons (Fsp3) is 0.0714. The van der Waals surface area contributed by atoms with E-state index in [0.717, 1.165) is 5.69 Å². The topological polar surface area (TPSA) is 59.3 Å². The van der Waals surface area contributed by atoms with Crippen molar-refractivity contribution in [2.45, 2.75) is 6.92 Å². The molecule has 0 bridgehead atoms. The highest BCUT2D eigenvalue weighted by molar-refractivity contribution is 6.39. The van der Waals surface area contributed by atoms with Crippen LogP contribution in [0.4, 0.5) is 5.69 Å². The summed E-state index contributed by atoms with van der Waals surface area (Å²) in [4.78, 5) is 16.3. The minimum atomic E-state index is -0.310. The van der Waals surface area contributed by atoms with Crippen molar-refractivity contribution in [3.05, 3.63) is 58.1 Å². The van der Waals surface area contributed by atoms with Gasteiger partial charge in [0.1, 0.15) is 0 Å². The van der Waals surface area contributed by atoms with E-state index < -0.39 is 0 Å². The lowest BCUT2D eigenvalue weighted by atomic mass is 10.2. The summed E-state index contributed by atoms with van der Waals surface area (Å²) in [6.07, 6.45) is 4.49. The third-order valence-electron chi connectivity index (χ3n) is 3.08. The maximum atomic E-state index is 12.5. The third kappa shape index (κ3) is 2.46. The van der Waals surface area contributed by atoms with Gasteiger partial charge in [-0.25, -0.2) is 4.52 Å². The van der Waals surface area contributed by atoms with Crippen LogP contribution in [0, 0.1) is 6.92 Å². The van der Waals surface area contributed by atoms with Gasteiger partial charge in [0.15, 0.2) is 0 Å². The number of hydrogen-bond acceptors (Lipinski definition) is 3. The van der Waals surface area contributed by atoms with Crippen molar-refractivity contribution >= 4 is 40.3 Å². The molecule has 21 heavy (non-hydrogen) atoms. The normalized spacial score (nSPS) is 10.8. The second-order valence-corrected chi connectivity index (χ2v) is 5.26. The lowest BCUT2D eigenvalue weighted by Gasteiger charge is -2.10. The lowest BCUT2D eigenvalue weighted by molar-refractivity contribution is 0.102. The van der Waals surface area contributed by atoms with Gasteiger partial charge in [0.25, 0.3) is 5.91 Å². The van der Waals surface area contributed by atoms with E-state index in [4.69, 9.17) is 23.2 Å². The summed E-state index contributed by atoms with van der Waals surface area (Å²) in [7, 11) is 0. The largest absolute Gasteiger partial charge is 0.319 e. The van der Waals surface area contributed by atoms with Gasteiger partial charge in [-0.05, 0) is 25.1 Å². The maximum absolute atomic E-state index is 12.5. The molecule has 3 rings (SSSR count). The van der Waals surface area contributed by atoms with E-state index in [-0.39, 0.29) is 16.0 Å². The summed E-state index contributed by atoms with van der Waals surface area (Å²) in [5, 5.41) is 7.46. The van der Waals surface area contributed by atoms with Crippen LogP contribution in [-0.2, 0) is 0 Å². The van der Waals surface area contributed by atoms with Crippen LogP contribution in [0.15, 0.2) is 36.8 Å². The number of carbonyl (C=O) groups excluding carboxylic acids is 1. The Morgan fingerprint density at radius 1 is 1.19 bits per heavy atom. The molecule has 0 fully saturated rings. The van der Waals surface area contributed by atoms with Gasteiger partial charge in [-0.1, -0.05) is 23.2 Å². The summed E-state index contributed by atoms with van der Waals surface area (Å²) in [5.41, 5.74) is 2.49. The number of fused-ring (bicyclic) bond motifs is 1. The number of rotatable bonds is 2. The molecule has 0 spiro atoms. The van der Waals surface area contributed by atoms with Gasteiger partial charge in [-0.15, -0.1) is 0 Å². The van der Waals surface area contributed by atoms with Crippen LogP contribution >= 0.6 is 23.2 Å². The SMILES string of the molecule is Cc1ccc(C(=O)Nc2c(Cl)cncc2Cl)c2ccnn12. The quantitative estimate of drug-likeness (QED) is 0.784. The van der Waals surface area contributed by atoms with Crippen molar-refractivity contribution in [1.82, 2.24) is 14.6 Å². The number of nitrogens with zero attached hydrogens (tertiary/aromatic N) is 3. The van der Waals surface area contributed by atoms with Crippen molar-refractivity contribution in [1.29, 1.82) is 0 Å². The highest BCUT2D eigenvalue weighted by Gasteiger charge is 2.15. The molecule has 3 aromatic heterocycles. The minimum absolute atomic E-state index is 0.285. The molecule has 106 valence electrons. The molecule has 0 aromatic carbocycles. The number of pyridine rings is 2. The molecule has 0 saturated heterocycles. The zero-order chi connectivity index (χ0) is 15.0. The van der Waals surface area contributed by atoms with E-state index in [0.29, 0.717) is 16.8 Å². The average Bonchev–Trinajstić information content (AvgIpc) is 2.93. The molecule has 5 nitrogen and oxygen atoms in total. The Morgan fingerprint density at radius 2 is 1.90 bits per heavy atom. The van der Waals surface area contributed by atoms with E-state index in [2.05, 4.69) is 15.4 Å². The number of carbonyl (C=O) groups is 1. The Labute approximate surface area is 130 Å². The van der Waals surface area contributed by atoms with Gasteiger partial charge in [-0.3, -0.25) is 9.78 Å². The average molecular weight is 321 g/mol. The Morgan fingerprint density at radius 3 is 2.62 bits per heavy atom. The Bertz CT molecular complexity index is 824. The number of amides is 1. The summed E-state index contributed by atoms with van der Waals surface area (Å²) in [6, 6.07) is 5.34. The van der Waals surface area contributed by atoms with Crippen molar-refractivity contribution in [2.24, 2.45) is 0 Å². The molecule has 0 aliphatic heterocycles. The first-order chi connectivity index (χ1) is 10.1. The minimum Gasteiger partial charge on any atom is -0.319 e. The molecule has 0 aliphatic carbocycles. The van der Waals surface area contributed by atoms with Crippen LogP contribution in [0.1, 0.15) is 16.1 Å². The first-order valence-corrected chi connectivity index (χ1v) is 6.87. The molecular formula is C14H10Cl2N4O. The van der Waals surface area contributed by atoms with E-state index in [1.165, 1.54) is 12.4 Å². The van der Waals surface area contributed by atoms with Crippen LogP contribution in [0.25, 0.3) is 5.52 Å². The number of halogens is 2. The Kier molecular flexibility index (Phi) is 3.53. The zero-order valence-corrected chi connectivity index (χ0v) is 12.5. The van der Waals surface area contributed by atoms with Crippen LogP contribution in [-0.4, -0.2) is 20.5 Å². The van der Waals surface area contributed by atoms with Crippen LogP contribution in [0.3, 0.4) is 0 Å². The highest BCUT2D eigenvalue weighted by atomic mass is 35.5. The summed E-state index contributed by atoms with van der Waals surface area (Å²) in [6.45, 7) is 1.91. The van der Waals surface area contributed by atoms with Gasteiger partial charge >= 0.3 is 0 Å². The third-order valence-corrected chi connectivity index (χ3v) is 3.65. The number of nitrogens with one attached hydrogen (secondary N) is 1. The molecule has 0 radical (unpaired) electrons. The maximum Gasteiger partial charge on any atom is 0.257 e. The summed E-state index contributed by atoms with van der Waals surface area (Å²) < 4.78 is 1.70. The predicted molar refractivity (Wildman–Crippen MR) is 82.1 cm³/mol. The number of anilines is 1. The van der Waals surface area contributed by atoms with Crippen LogP contribution in [0.2, 0.25) is 10.0 Å². The number of aryl methyl sites for hydroxylation is 1. The first kappa shape index (κ1) is 13.9. The van der Waals surface area contributed by atoms with Crippen molar-refractivity contribution in [3.8, 4) is 0 Å². The van der Waals surface area contributed by atoms with Gasteiger partial charge in [0.05, 0.1) is 33.0 Å². The monoisotopic (exact) mass is 320 g/mol. The summed E-state index contributed by atoms with van der Waals surface area (Å²) in [5.74, 6) is -0.310. The fourth-order valence-electron chi connectivity index (χ4n) is 2.05. The highest BCUT2D eigenvalue weighted by Crippen LogP contribution is 2.29. The summed E-state index contributed by atoms with van der Waals surface area (Å²) >= 11 is 12.0. The fourth-order valence-corrected chi connectivity index (χ4v) is 2.51. The molecule has 1 amide bonds. The van der Waals surface area contributed by atoms with Gasteiger partial charge in [-0.2, -0.15) is 5.10 Å². The molecular weight excluding hydrogens is 311 g/mol. The second-order valence-electron chi connectivity index (χ2n) is 4.45. The van der Waals surface area contributed by atoms with Crippen LogP contribution < -0.4 is 5.32 Å². The first-order valence-electron chi connectivity index (χ1n) is 6.11. The van der Waals surface area contributed by atoms with Gasteiger partial charge in [0.2, 0.25) is 0 Å². The van der Waals surface area contributed by atoms with Gasteiger partial charge < -0.3 is 5.32 Å². The van der Waals surface area contributed by atoms with Crippen LogP contribution in [0.5, 0.6) is 0 Å². The Hall–Kier alpha value is -2.11. The second kappa shape index (κ2) is 5.35. The number of hydrogen-bond donors (Lipinski definition) is 1. The molecule has 3 heterocycles. The molecule has 0 atom stereocenters. The lowest BCUT2D eigenvalue weighted by Crippen LogP contribution is -2.14. The molecule has 0 aliphatic rings.